The van der Waals surface area contributed by atoms with Gasteiger partial charge in [-0.05, 0) is 124 Å². The monoisotopic (exact) mass is 761 g/mol. The normalized spacial score (nSPS) is 16.5. The molecule has 292 valence electrons. The van der Waals surface area contributed by atoms with Gasteiger partial charge in [-0.1, -0.05) is 30.3 Å². The molecule has 3 N–H and O–H groups in total. The van der Waals surface area contributed by atoms with Crippen LogP contribution in [0.1, 0.15) is 80.2 Å². The Balaban J connectivity index is 1.27. The standard InChI is InChI=1S/C41H46F3N5O6/c1-24-20-30(37(52)54-5)16-19-33(24)27-10-6-25(7-11-27)21-31(22-34(50)28-12-8-26(9-13-28)23-45-39(53)55-40(2,3)4)36(51)46-32-17-14-29(15-18-32)35-47-38(49-48-35)41(42,43)44/h6-7,10-11,14-20,26,28,31H,8-9,12-13,21-23H2,1-5H3,(H,45,53)(H,46,51)(H,47,48,49). The first-order valence-corrected chi connectivity index (χ1v) is 18.2. The number of benzene rings is 3. The lowest BCUT2D eigenvalue weighted by molar-refractivity contribution is -0.144. The Bertz CT molecular complexity index is 1980. The van der Waals surface area contributed by atoms with E-state index in [1.165, 1.54) is 19.2 Å². The third kappa shape index (κ3) is 11.2. The lowest BCUT2D eigenvalue weighted by Crippen LogP contribution is -2.37. The van der Waals surface area contributed by atoms with Crippen LogP contribution in [-0.4, -0.2) is 58.2 Å². The van der Waals surface area contributed by atoms with E-state index in [0.717, 1.165) is 35.1 Å². The fraction of sp³-hybridized carbons (Fsp3) is 0.415. The van der Waals surface area contributed by atoms with Crippen LogP contribution in [0.25, 0.3) is 22.5 Å². The van der Waals surface area contributed by atoms with Crippen molar-refractivity contribution >= 4 is 29.4 Å². The molecule has 0 bridgehead atoms. The number of alkyl halides is 3. The van der Waals surface area contributed by atoms with E-state index in [2.05, 4.69) is 20.7 Å². The van der Waals surface area contributed by atoms with E-state index in [1.54, 1.807) is 45.0 Å². The minimum Gasteiger partial charge on any atom is -0.465 e. The quantitative estimate of drug-likeness (QED) is 0.122. The van der Waals surface area contributed by atoms with Gasteiger partial charge in [-0.25, -0.2) is 14.6 Å². The predicted octanol–water partition coefficient (Wildman–Crippen LogP) is 8.34. The molecule has 5 rings (SSSR count). The van der Waals surface area contributed by atoms with Crippen LogP contribution in [0.4, 0.5) is 23.7 Å². The Morgan fingerprint density at radius 1 is 0.909 bits per heavy atom. The molecular formula is C41H46F3N5O6. The maximum Gasteiger partial charge on any atom is 0.451 e. The molecule has 0 aliphatic heterocycles. The fourth-order valence-corrected chi connectivity index (χ4v) is 6.70. The molecule has 1 fully saturated rings. The third-order valence-electron chi connectivity index (χ3n) is 9.61. The number of rotatable bonds is 12. The summed E-state index contributed by atoms with van der Waals surface area (Å²) in [6.07, 6.45) is -2.03. The molecule has 0 radical (unpaired) electrons. The van der Waals surface area contributed by atoms with Crippen LogP contribution in [0.5, 0.6) is 0 Å². The van der Waals surface area contributed by atoms with Crippen molar-refractivity contribution in [1.82, 2.24) is 20.5 Å². The van der Waals surface area contributed by atoms with Gasteiger partial charge in [0.05, 0.1) is 12.7 Å². The minimum absolute atomic E-state index is 0.00272. The van der Waals surface area contributed by atoms with Gasteiger partial charge in [-0.3, -0.25) is 14.7 Å². The molecule has 55 heavy (non-hydrogen) atoms. The first kappa shape index (κ1) is 40.7. The molecule has 1 aromatic heterocycles. The number of H-pyrrole nitrogens is 1. The Morgan fingerprint density at radius 2 is 1.56 bits per heavy atom. The lowest BCUT2D eigenvalue weighted by Gasteiger charge is -2.29. The molecule has 2 amide bonds. The van der Waals surface area contributed by atoms with Crippen molar-refractivity contribution in [3.63, 3.8) is 0 Å². The van der Waals surface area contributed by atoms with Crippen LogP contribution in [0.15, 0.2) is 66.7 Å². The van der Waals surface area contributed by atoms with Gasteiger partial charge in [0.15, 0.2) is 5.82 Å². The molecule has 14 heteroatoms. The Labute approximate surface area is 317 Å². The number of aromatic amines is 1. The lowest BCUT2D eigenvalue weighted by atomic mass is 9.77. The Hall–Kier alpha value is -5.53. The number of methoxy groups -OCH3 is 1. The number of halogens is 3. The zero-order valence-electron chi connectivity index (χ0n) is 31.5. The van der Waals surface area contributed by atoms with E-state index >= 15 is 0 Å². The van der Waals surface area contributed by atoms with Gasteiger partial charge in [-0.15, -0.1) is 0 Å². The zero-order valence-corrected chi connectivity index (χ0v) is 31.5. The number of carbonyl (C=O) groups excluding carboxylic acids is 4. The number of hydrogen-bond donors (Lipinski definition) is 3. The van der Waals surface area contributed by atoms with Gasteiger partial charge in [0, 0.05) is 36.1 Å². The number of aromatic nitrogens is 3. The number of anilines is 1. The van der Waals surface area contributed by atoms with Crippen LogP contribution in [0.2, 0.25) is 0 Å². The van der Waals surface area contributed by atoms with Crippen molar-refractivity contribution in [3.8, 4) is 22.5 Å². The highest BCUT2D eigenvalue weighted by atomic mass is 19.4. The zero-order chi connectivity index (χ0) is 39.9. The number of amides is 2. The second kappa shape index (κ2) is 17.3. The van der Waals surface area contributed by atoms with Crippen LogP contribution < -0.4 is 10.6 Å². The number of carbonyl (C=O) groups is 4. The summed E-state index contributed by atoms with van der Waals surface area (Å²) in [5.74, 6) is -2.85. The summed E-state index contributed by atoms with van der Waals surface area (Å²) in [5.41, 5.74) is 4.17. The van der Waals surface area contributed by atoms with Crippen LogP contribution in [0.3, 0.4) is 0 Å². The van der Waals surface area contributed by atoms with E-state index in [-0.39, 0.29) is 42.2 Å². The smallest absolute Gasteiger partial charge is 0.451 e. The maximum absolute atomic E-state index is 13.8. The highest BCUT2D eigenvalue weighted by Crippen LogP contribution is 2.33. The summed E-state index contributed by atoms with van der Waals surface area (Å²) in [6, 6.07) is 19.1. The van der Waals surface area contributed by atoms with Crippen molar-refractivity contribution < 1.29 is 41.8 Å². The fourth-order valence-electron chi connectivity index (χ4n) is 6.70. The highest BCUT2D eigenvalue weighted by molar-refractivity contribution is 5.96. The molecule has 1 saturated carbocycles. The molecule has 0 saturated heterocycles. The van der Waals surface area contributed by atoms with Gasteiger partial charge in [0.2, 0.25) is 11.7 Å². The summed E-state index contributed by atoms with van der Waals surface area (Å²) in [4.78, 5) is 55.2. The van der Waals surface area contributed by atoms with Crippen LogP contribution >= 0.6 is 0 Å². The van der Waals surface area contributed by atoms with Crippen molar-refractivity contribution in [3.05, 3.63) is 89.2 Å². The second-order valence-electron chi connectivity index (χ2n) is 15.0. The molecule has 1 aliphatic rings. The Kier molecular flexibility index (Phi) is 12.8. The number of ketones is 1. The average Bonchev–Trinajstić information content (AvgIpc) is 3.65. The molecule has 4 aromatic rings. The topological polar surface area (TPSA) is 152 Å². The molecule has 3 aromatic carbocycles. The summed E-state index contributed by atoms with van der Waals surface area (Å²) in [7, 11) is 1.33. The van der Waals surface area contributed by atoms with Crippen molar-refractivity contribution in [1.29, 1.82) is 0 Å². The van der Waals surface area contributed by atoms with Gasteiger partial charge in [-0.2, -0.15) is 18.3 Å². The first-order chi connectivity index (χ1) is 26.0. The summed E-state index contributed by atoms with van der Waals surface area (Å²) in [6.45, 7) is 7.77. The van der Waals surface area contributed by atoms with E-state index in [4.69, 9.17) is 9.47 Å². The van der Waals surface area contributed by atoms with Gasteiger partial charge >= 0.3 is 18.2 Å². The molecule has 11 nitrogen and oxygen atoms in total. The van der Waals surface area contributed by atoms with Gasteiger partial charge < -0.3 is 20.1 Å². The van der Waals surface area contributed by atoms with Crippen LogP contribution in [-0.2, 0) is 31.7 Å². The van der Waals surface area contributed by atoms with Crippen molar-refractivity contribution in [2.24, 2.45) is 17.8 Å². The molecule has 1 heterocycles. The van der Waals surface area contributed by atoms with E-state index in [1.807, 2.05) is 42.4 Å². The first-order valence-electron chi connectivity index (χ1n) is 18.2. The molecule has 1 unspecified atom stereocenters. The number of Topliss-reactive ketones (excluding diaryl/α,β-unsaturated/α-hetero) is 1. The van der Waals surface area contributed by atoms with E-state index in [0.29, 0.717) is 36.2 Å². The van der Waals surface area contributed by atoms with Crippen molar-refractivity contribution in [2.75, 3.05) is 19.0 Å². The average molecular weight is 762 g/mol. The predicted molar refractivity (Wildman–Crippen MR) is 200 cm³/mol. The number of aryl methyl sites for hydroxylation is 1. The molecule has 1 atom stereocenters. The number of ether oxygens (including phenoxy) is 2. The number of esters is 1. The van der Waals surface area contributed by atoms with Crippen molar-refractivity contribution in [2.45, 2.75) is 78.0 Å². The third-order valence-corrected chi connectivity index (χ3v) is 9.61. The van der Waals surface area contributed by atoms with Gasteiger partial charge in [0.1, 0.15) is 11.4 Å². The number of alkyl carbamates (subject to hydrolysis) is 1. The van der Waals surface area contributed by atoms with E-state index < -0.39 is 35.6 Å². The number of nitrogens with one attached hydrogen (secondary N) is 3. The number of nitrogens with zero attached hydrogens (tertiary/aromatic N) is 2. The maximum atomic E-state index is 13.8. The molecule has 1 aliphatic carbocycles. The largest absolute Gasteiger partial charge is 0.465 e. The summed E-state index contributed by atoms with van der Waals surface area (Å²) < 4.78 is 49.2. The highest BCUT2D eigenvalue weighted by Gasteiger charge is 2.35. The van der Waals surface area contributed by atoms with E-state index in [9.17, 15) is 32.3 Å². The SMILES string of the molecule is COC(=O)c1ccc(-c2ccc(CC(CC(=O)C3CCC(CNC(=O)OC(C)(C)C)CC3)C(=O)Nc3ccc(-c4n[nH]c(C(F)(F)F)n4)cc3)cc2)c(C)c1. The summed E-state index contributed by atoms with van der Waals surface area (Å²) in [5, 5.41) is 11.3. The molecule has 0 spiro atoms. The van der Waals surface area contributed by atoms with Gasteiger partial charge in [0.25, 0.3) is 0 Å². The second-order valence-corrected chi connectivity index (χ2v) is 15.0. The molecular weight excluding hydrogens is 715 g/mol. The minimum atomic E-state index is -4.67. The van der Waals surface area contributed by atoms with Crippen LogP contribution in [0, 0.1) is 24.7 Å². The number of hydrogen-bond acceptors (Lipinski definition) is 8. The Morgan fingerprint density at radius 3 is 2.15 bits per heavy atom. The summed E-state index contributed by atoms with van der Waals surface area (Å²) >= 11 is 0.